The van der Waals surface area contributed by atoms with Gasteiger partial charge in [-0.15, -0.1) is 0 Å². The van der Waals surface area contributed by atoms with E-state index in [1.165, 1.54) is 5.39 Å². The molecule has 0 saturated heterocycles. The monoisotopic (exact) mass is 184 g/mol. The van der Waals surface area contributed by atoms with Gasteiger partial charge in [0.25, 0.3) is 0 Å². The fourth-order valence-electron chi connectivity index (χ4n) is 1.54. The van der Waals surface area contributed by atoms with Crippen molar-refractivity contribution in [2.75, 3.05) is 0 Å². The van der Waals surface area contributed by atoms with Crippen molar-refractivity contribution in [2.24, 2.45) is 0 Å². The number of aliphatic hydroxyl groups excluding tert-OH is 1. The highest BCUT2D eigenvalue weighted by atomic mass is 16.3. The van der Waals surface area contributed by atoms with E-state index in [0.29, 0.717) is 0 Å². The van der Waals surface area contributed by atoms with Gasteiger partial charge in [-0.1, -0.05) is 36.9 Å². The lowest BCUT2D eigenvalue weighted by molar-refractivity contribution is 0.282. The molecule has 0 spiro atoms. The molecule has 1 heteroatoms. The molecule has 0 bridgehead atoms. The van der Waals surface area contributed by atoms with Gasteiger partial charge in [0.2, 0.25) is 0 Å². The Hall–Kier alpha value is -1.60. The Labute approximate surface area is 83.3 Å². The summed E-state index contributed by atoms with van der Waals surface area (Å²) < 4.78 is 0. The second-order valence-electron chi connectivity index (χ2n) is 3.30. The summed E-state index contributed by atoms with van der Waals surface area (Å²) in [6, 6.07) is 12.1. The van der Waals surface area contributed by atoms with Gasteiger partial charge in [0.15, 0.2) is 0 Å². The zero-order chi connectivity index (χ0) is 9.97. The quantitative estimate of drug-likeness (QED) is 0.760. The Balaban J connectivity index is 2.65. The largest absolute Gasteiger partial charge is 0.392 e. The molecule has 0 atom stereocenters. The Morgan fingerprint density at radius 2 is 1.86 bits per heavy atom. The molecule has 0 saturated carbocycles. The van der Waals surface area contributed by atoms with Crippen LogP contribution in [0.3, 0.4) is 0 Å². The van der Waals surface area contributed by atoms with Gasteiger partial charge in [-0.3, -0.25) is 0 Å². The average molecular weight is 184 g/mol. The van der Waals surface area contributed by atoms with Crippen molar-refractivity contribution in [1.82, 2.24) is 0 Å². The van der Waals surface area contributed by atoms with Crippen LogP contribution in [-0.4, -0.2) is 5.11 Å². The molecule has 0 aliphatic rings. The number of aliphatic hydroxyl groups is 1. The lowest BCUT2D eigenvalue weighted by Gasteiger charge is -2.02. The first-order valence-electron chi connectivity index (χ1n) is 4.59. The third-order valence-electron chi connectivity index (χ3n) is 2.35. The first kappa shape index (κ1) is 8.97. The van der Waals surface area contributed by atoms with Gasteiger partial charge < -0.3 is 5.11 Å². The van der Waals surface area contributed by atoms with Crippen LogP contribution in [-0.2, 0) is 6.61 Å². The van der Waals surface area contributed by atoms with Gasteiger partial charge in [0, 0.05) is 0 Å². The van der Waals surface area contributed by atoms with Gasteiger partial charge in [0.1, 0.15) is 0 Å². The van der Waals surface area contributed by atoms with Gasteiger partial charge >= 0.3 is 0 Å². The second-order valence-corrected chi connectivity index (χ2v) is 3.30. The molecule has 0 aromatic heterocycles. The van der Waals surface area contributed by atoms with Crippen molar-refractivity contribution in [3.63, 3.8) is 0 Å². The van der Waals surface area contributed by atoms with Crippen molar-refractivity contribution in [1.29, 1.82) is 0 Å². The molecule has 2 aromatic rings. The maximum atomic E-state index is 9.00. The maximum Gasteiger partial charge on any atom is 0.0682 e. The standard InChI is InChI=1S/C13H12O/c1-2-10-3-5-12-6-4-11(9-14)8-13(12)7-10/h2-8,14H,1,9H2. The Morgan fingerprint density at radius 1 is 1.07 bits per heavy atom. The van der Waals surface area contributed by atoms with Crippen molar-refractivity contribution < 1.29 is 5.11 Å². The first-order valence-corrected chi connectivity index (χ1v) is 4.59. The van der Waals surface area contributed by atoms with E-state index >= 15 is 0 Å². The van der Waals surface area contributed by atoms with E-state index in [2.05, 4.69) is 18.7 Å². The summed E-state index contributed by atoms with van der Waals surface area (Å²) in [6.45, 7) is 3.82. The lowest BCUT2D eigenvalue weighted by atomic mass is 10.0. The maximum absolute atomic E-state index is 9.00. The molecule has 0 amide bonds. The van der Waals surface area contributed by atoms with E-state index in [1.807, 2.05) is 30.3 Å². The number of hydrogen-bond acceptors (Lipinski definition) is 1. The molecular formula is C13H12O. The zero-order valence-electron chi connectivity index (χ0n) is 7.90. The van der Waals surface area contributed by atoms with Gasteiger partial charge in [-0.05, 0) is 34.0 Å². The summed E-state index contributed by atoms with van der Waals surface area (Å²) in [4.78, 5) is 0. The number of fused-ring (bicyclic) bond motifs is 1. The van der Waals surface area contributed by atoms with Crippen molar-refractivity contribution in [3.05, 3.63) is 54.1 Å². The fourth-order valence-corrected chi connectivity index (χ4v) is 1.54. The molecule has 1 N–H and O–H groups in total. The zero-order valence-corrected chi connectivity index (χ0v) is 7.90. The highest BCUT2D eigenvalue weighted by Gasteiger charge is 1.96. The summed E-state index contributed by atoms with van der Waals surface area (Å²) in [7, 11) is 0. The summed E-state index contributed by atoms with van der Waals surface area (Å²) in [5, 5.41) is 11.3. The smallest absolute Gasteiger partial charge is 0.0682 e. The average Bonchev–Trinajstić information content (AvgIpc) is 2.27. The van der Waals surface area contributed by atoms with Crippen molar-refractivity contribution in [2.45, 2.75) is 6.61 Å². The fraction of sp³-hybridized carbons (Fsp3) is 0.0769. The Morgan fingerprint density at radius 3 is 2.57 bits per heavy atom. The van der Waals surface area contributed by atoms with E-state index in [9.17, 15) is 0 Å². The van der Waals surface area contributed by atoms with Crippen LogP contribution in [0.4, 0.5) is 0 Å². The molecule has 0 fully saturated rings. The molecule has 0 heterocycles. The number of benzene rings is 2. The van der Waals surface area contributed by atoms with Gasteiger partial charge in [-0.25, -0.2) is 0 Å². The molecule has 2 aromatic carbocycles. The topological polar surface area (TPSA) is 20.2 Å². The molecule has 70 valence electrons. The minimum absolute atomic E-state index is 0.0915. The van der Waals surface area contributed by atoms with Crippen LogP contribution in [0.1, 0.15) is 11.1 Å². The minimum Gasteiger partial charge on any atom is -0.392 e. The van der Waals surface area contributed by atoms with Crippen LogP contribution in [0.25, 0.3) is 16.8 Å². The molecule has 2 rings (SSSR count). The third-order valence-corrected chi connectivity index (χ3v) is 2.35. The number of rotatable bonds is 2. The second kappa shape index (κ2) is 3.64. The van der Waals surface area contributed by atoms with Crippen LogP contribution in [0.2, 0.25) is 0 Å². The van der Waals surface area contributed by atoms with Gasteiger partial charge in [-0.2, -0.15) is 0 Å². The summed E-state index contributed by atoms with van der Waals surface area (Å²) >= 11 is 0. The summed E-state index contributed by atoms with van der Waals surface area (Å²) in [5.41, 5.74) is 2.05. The van der Waals surface area contributed by atoms with E-state index in [1.54, 1.807) is 0 Å². The normalized spacial score (nSPS) is 10.4. The molecule has 0 radical (unpaired) electrons. The molecule has 1 nitrogen and oxygen atoms in total. The lowest BCUT2D eigenvalue weighted by Crippen LogP contribution is -1.83. The first-order chi connectivity index (χ1) is 6.83. The SMILES string of the molecule is C=Cc1ccc2ccc(CO)cc2c1. The highest BCUT2D eigenvalue weighted by molar-refractivity contribution is 5.85. The van der Waals surface area contributed by atoms with Crippen LogP contribution >= 0.6 is 0 Å². The van der Waals surface area contributed by atoms with Crippen LogP contribution in [0.5, 0.6) is 0 Å². The Bertz CT molecular complexity index is 472. The summed E-state index contributed by atoms with van der Waals surface area (Å²) in [6.07, 6.45) is 1.82. The predicted molar refractivity (Wildman–Crippen MR) is 60.0 cm³/mol. The van der Waals surface area contributed by atoms with Crippen LogP contribution < -0.4 is 0 Å². The third kappa shape index (κ3) is 1.54. The predicted octanol–water partition coefficient (Wildman–Crippen LogP) is 2.98. The molecular weight excluding hydrogens is 172 g/mol. The van der Waals surface area contributed by atoms with Crippen molar-refractivity contribution >= 4 is 16.8 Å². The Kier molecular flexibility index (Phi) is 2.33. The number of hydrogen-bond donors (Lipinski definition) is 1. The van der Waals surface area contributed by atoms with E-state index < -0.39 is 0 Å². The van der Waals surface area contributed by atoms with Gasteiger partial charge in [0.05, 0.1) is 6.61 Å². The minimum atomic E-state index is 0.0915. The van der Waals surface area contributed by atoms with E-state index in [0.717, 1.165) is 16.5 Å². The van der Waals surface area contributed by atoms with E-state index in [4.69, 9.17) is 5.11 Å². The van der Waals surface area contributed by atoms with Crippen LogP contribution in [0.15, 0.2) is 43.0 Å². The molecule has 0 aliphatic carbocycles. The highest BCUT2D eigenvalue weighted by Crippen LogP contribution is 2.18. The van der Waals surface area contributed by atoms with E-state index in [-0.39, 0.29) is 6.61 Å². The summed E-state index contributed by atoms with van der Waals surface area (Å²) in [5.74, 6) is 0. The molecule has 14 heavy (non-hydrogen) atoms. The van der Waals surface area contributed by atoms with Crippen molar-refractivity contribution in [3.8, 4) is 0 Å². The molecule has 0 aliphatic heterocycles. The van der Waals surface area contributed by atoms with Crippen LogP contribution in [0, 0.1) is 0 Å². The molecule has 0 unspecified atom stereocenters.